The van der Waals surface area contributed by atoms with Crippen molar-refractivity contribution in [3.63, 3.8) is 0 Å². The predicted molar refractivity (Wildman–Crippen MR) is 98.2 cm³/mol. The molecule has 0 unspecified atom stereocenters. The zero-order valence-corrected chi connectivity index (χ0v) is 15.6. The zero-order chi connectivity index (χ0) is 18.1. The van der Waals surface area contributed by atoms with Crippen molar-refractivity contribution in [2.45, 2.75) is 43.1 Å². The van der Waals surface area contributed by atoms with Crippen LogP contribution in [0, 0.1) is 5.92 Å². The molecule has 0 saturated carbocycles. The summed E-state index contributed by atoms with van der Waals surface area (Å²) >= 11 is 0. The maximum atomic E-state index is 11.0. The lowest BCUT2D eigenvalue weighted by molar-refractivity contribution is -0.137. The number of aliphatic hydroxyl groups excluding tert-OH is 1. The molecule has 5 rings (SSSR count). The van der Waals surface area contributed by atoms with Gasteiger partial charge in [-0.3, -0.25) is 5.32 Å². The van der Waals surface area contributed by atoms with E-state index in [2.05, 4.69) is 34.9 Å². The van der Waals surface area contributed by atoms with Crippen molar-refractivity contribution >= 4 is 0 Å². The molecule has 2 aliphatic heterocycles. The van der Waals surface area contributed by atoms with Crippen LogP contribution in [-0.4, -0.2) is 55.1 Å². The Morgan fingerprint density at radius 3 is 3.00 bits per heavy atom. The Morgan fingerprint density at radius 1 is 1.38 bits per heavy atom. The molecule has 6 heteroatoms. The van der Waals surface area contributed by atoms with Crippen LogP contribution >= 0.6 is 0 Å². The zero-order valence-electron chi connectivity index (χ0n) is 15.6. The first-order valence-electron chi connectivity index (χ1n) is 9.59. The van der Waals surface area contributed by atoms with Gasteiger partial charge in [0, 0.05) is 24.1 Å². The van der Waals surface area contributed by atoms with Crippen molar-refractivity contribution in [2.24, 2.45) is 5.92 Å². The summed E-state index contributed by atoms with van der Waals surface area (Å²) in [7, 11) is 4.11. The third-order valence-electron chi connectivity index (χ3n) is 7.03. The molecule has 1 spiro atoms. The molecule has 140 valence electrons. The van der Waals surface area contributed by atoms with E-state index in [1.54, 1.807) is 0 Å². The lowest BCUT2D eigenvalue weighted by Gasteiger charge is -2.60. The molecular weight excluding hydrogens is 330 g/mol. The van der Waals surface area contributed by atoms with Gasteiger partial charge in [0.2, 0.25) is 5.72 Å². The van der Waals surface area contributed by atoms with Gasteiger partial charge in [-0.15, -0.1) is 0 Å². The summed E-state index contributed by atoms with van der Waals surface area (Å²) in [6, 6.07) is 4.59. The summed E-state index contributed by atoms with van der Waals surface area (Å²) in [5.41, 5.74) is 4.36. The minimum Gasteiger partial charge on any atom is -0.464 e. The largest absolute Gasteiger partial charge is 0.464 e. The number of rotatable bonds is 4. The molecule has 0 amide bonds. The first kappa shape index (κ1) is 16.6. The maximum Gasteiger partial charge on any atom is 0.201 e. The minimum atomic E-state index is -0.852. The molecule has 6 nitrogen and oxygen atoms in total. The van der Waals surface area contributed by atoms with E-state index in [1.807, 2.05) is 26.1 Å². The molecule has 1 aromatic rings. The third-order valence-corrected chi connectivity index (χ3v) is 7.03. The first-order valence-corrected chi connectivity index (χ1v) is 9.59. The number of nitrogens with one attached hydrogen (secondary N) is 2. The first-order chi connectivity index (χ1) is 12.6. The van der Waals surface area contributed by atoms with Crippen LogP contribution in [0.1, 0.15) is 24.5 Å². The average Bonchev–Trinajstić information content (AvgIpc) is 2.96. The molecule has 4 aliphatic rings. The number of nitrogens with zero attached hydrogens (tertiary/aromatic N) is 1. The average molecular weight is 357 g/mol. The van der Waals surface area contributed by atoms with Crippen molar-refractivity contribution in [1.29, 1.82) is 0 Å². The van der Waals surface area contributed by atoms with Gasteiger partial charge in [-0.1, -0.05) is 18.2 Å². The number of aliphatic hydroxyl groups is 1. The van der Waals surface area contributed by atoms with E-state index in [4.69, 9.17) is 9.57 Å². The second-order valence-electron chi connectivity index (χ2n) is 7.94. The molecule has 0 aromatic heterocycles. The van der Waals surface area contributed by atoms with Gasteiger partial charge in [0.1, 0.15) is 6.10 Å². The summed E-state index contributed by atoms with van der Waals surface area (Å²) in [5.74, 6) is 1.79. The number of benzene rings is 1. The van der Waals surface area contributed by atoms with E-state index < -0.39 is 11.8 Å². The van der Waals surface area contributed by atoms with E-state index in [9.17, 15) is 5.11 Å². The minimum absolute atomic E-state index is 0.276. The molecular formula is C20H27N3O3. The summed E-state index contributed by atoms with van der Waals surface area (Å²) in [4.78, 5) is 8.24. The topological polar surface area (TPSA) is 66.0 Å². The van der Waals surface area contributed by atoms with Crippen LogP contribution in [0.15, 0.2) is 24.3 Å². The molecule has 26 heavy (non-hydrogen) atoms. The van der Waals surface area contributed by atoms with Gasteiger partial charge in [-0.2, -0.15) is 5.48 Å². The van der Waals surface area contributed by atoms with Crippen molar-refractivity contribution in [2.75, 3.05) is 27.2 Å². The standard InChI is InChI=1S/C20H27N3O3/c1-4-22-26-15-7-5-12-11-14-13-6-8-16(24)20(21-2)19(13,9-10-23(14)3)17(12)18(15)25-20/h5-8,13-14,16,21-22,24H,4,9-11H2,1-3H3/t13-,14+,16-,19-,20-/m0/s1. The molecule has 5 atom stereocenters. The number of piperidine rings is 1. The van der Waals surface area contributed by atoms with Crippen molar-refractivity contribution < 1.29 is 14.7 Å². The third kappa shape index (κ3) is 1.71. The highest BCUT2D eigenvalue weighted by Gasteiger charge is 2.72. The van der Waals surface area contributed by atoms with Crippen LogP contribution in [-0.2, 0) is 11.8 Å². The van der Waals surface area contributed by atoms with Gasteiger partial charge in [0.25, 0.3) is 0 Å². The van der Waals surface area contributed by atoms with Gasteiger partial charge in [0.05, 0.1) is 5.41 Å². The molecule has 2 aliphatic carbocycles. The van der Waals surface area contributed by atoms with Crippen LogP contribution in [0.2, 0.25) is 0 Å². The summed E-state index contributed by atoms with van der Waals surface area (Å²) < 4.78 is 6.60. The second-order valence-corrected chi connectivity index (χ2v) is 7.94. The van der Waals surface area contributed by atoms with E-state index in [0.29, 0.717) is 24.3 Å². The van der Waals surface area contributed by atoms with Crippen LogP contribution in [0.5, 0.6) is 11.5 Å². The number of ether oxygens (including phenoxy) is 1. The van der Waals surface area contributed by atoms with Gasteiger partial charge >= 0.3 is 0 Å². The summed E-state index contributed by atoms with van der Waals surface area (Å²) in [5, 5.41) is 14.4. The van der Waals surface area contributed by atoms with E-state index in [1.165, 1.54) is 11.1 Å². The van der Waals surface area contributed by atoms with Crippen LogP contribution in [0.3, 0.4) is 0 Å². The van der Waals surface area contributed by atoms with E-state index in [0.717, 1.165) is 25.1 Å². The van der Waals surface area contributed by atoms with Gasteiger partial charge < -0.3 is 19.6 Å². The molecule has 1 fully saturated rings. The van der Waals surface area contributed by atoms with E-state index in [-0.39, 0.29) is 5.41 Å². The summed E-state index contributed by atoms with van der Waals surface area (Å²) in [6.45, 7) is 3.70. The molecule has 3 N–H and O–H groups in total. The highest BCUT2D eigenvalue weighted by Crippen LogP contribution is 2.65. The number of likely N-dealkylation sites (tertiary alicyclic amines) is 1. The maximum absolute atomic E-state index is 11.0. The van der Waals surface area contributed by atoms with Crippen molar-refractivity contribution in [3.8, 4) is 11.5 Å². The van der Waals surface area contributed by atoms with Gasteiger partial charge in [-0.05, 0) is 52.0 Å². The SMILES string of the molecule is CCNOc1ccc2c3c1O[C@@]1(NC)[C@@H](O)C=C[C@H]4[C@@H](C2)N(C)CC[C@@]341. The molecule has 2 bridgehead atoms. The molecule has 1 aromatic carbocycles. The lowest BCUT2D eigenvalue weighted by atomic mass is 9.51. The second kappa shape index (κ2) is 5.45. The fourth-order valence-corrected chi connectivity index (χ4v) is 5.95. The Morgan fingerprint density at radius 2 is 2.23 bits per heavy atom. The highest BCUT2D eigenvalue weighted by atomic mass is 16.7. The van der Waals surface area contributed by atoms with E-state index >= 15 is 0 Å². The Bertz CT molecular complexity index is 782. The number of hydroxylamine groups is 1. The fraction of sp³-hybridized carbons (Fsp3) is 0.600. The summed E-state index contributed by atoms with van der Waals surface area (Å²) in [6.07, 6.45) is 5.36. The monoisotopic (exact) mass is 357 g/mol. The predicted octanol–water partition coefficient (Wildman–Crippen LogP) is 0.943. The van der Waals surface area contributed by atoms with Crippen LogP contribution < -0.4 is 20.4 Å². The number of hydrogen-bond donors (Lipinski definition) is 3. The smallest absolute Gasteiger partial charge is 0.201 e. The van der Waals surface area contributed by atoms with Crippen LogP contribution in [0.25, 0.3) is 0 Å². The van der Waals surface area contributed by atoms with Gasteiger partial charge in [-0.25, -0.2) is 0 Å². The Kier molecular flexibility index (Phi) is 3.47. The van der Waals surface area contributed by atoms with Crippen molar-refractivity contribution in [1.82, 2.24) is 15.7 Å². The Hall–Kier alpha value is -1.60. The number of likely N-dealkylation sites (N-methyl/N-ethyl adjacent to an activating group) is 2. The molecule has 2 heterocycles. The Labute approximate surface area is 154 Å². The Balaban J connectivity index is 1.78. The quantitative estimate of drug-likeness (QED) is 0.551. The lowest BCUT2D eigenvalue weighted by Crippen LogP contribution is -2.75. The molecule has 1 saturated heterocycles. The fourth-order valence-electron chi connectivity index (χ4n) is 5.95. The molecule has 0 radical (unpaired) electrons. The highest BCUT2D eigenvalue weighted by molar-refractivity contribution is 5.63. The van der Waals surface area contributed by atoms with Crippen molar-refractivity contribution in [3.05, 3.63) is 35.4 Å². The number of hydrogen-bond acceptors (Lipinski definition) is 6. The van der Waals surface area contributed by atoms with Crippen LogP contribution in [0.4, 0.5) is 0 Å². The van der Waals surface area contributed by atoms with Gasteiger partial charge in [0.15, 0.2) is 11.5 Å². The normalized spacial score (nSPS) is 39.5.